The van der Waals surface area contributed by atoms with Crippen molar-refractivity contribution < 1.29 is 22.7 Å². The second-order valence-corrected chi connectivity index (χ2v) is 8.06. The number of halogens is 3. The van der Waals surface area contributed by atoms with Crippen molar-refractivity contribution in [1.82, 2.24) is 4.98 Å². The number of alkyl halides is 3. The number of amides is 1. The molecule has 29 heavy (non-hydrogen) atoms. The van der Waals surface area contributed by atoms with Crippen molar-refractivity contribution in [2.75, 3.05) is 18.1 Å². The molecule has 1 aliphatic heterocycles. The first-order valence-corrected chi connectivity index (χ1v) is 10.1. The van der Waals surface area contributed by atoms with Crippen LogP contribution < -0.4 is 4.90 Å². The summed E-state index contributed by atoms with van der Waals surface area (Å²) in [6.07, 6.45) is -2.97. The average Bonchev–Trinajstić information content (AvgIpc) is 3.35. The molecular weight excluding hydrogens is 401 g/mol. The minimum Gasteiger partial charge on any atom is -0.376 e. The lowest BCUT2D eigenvalue weighted by molar-refractivity contribution is -0.137. The molecule has 1 aliphatic rings. The Morgan fingerprint density at radius 3 is 2.76 bits per heavy atom. The van der Waals surface area contributed by atoms with Gasteiger partial charge in [0.15, 0.2) is 5.13 Å². The molecule has 4 rings (SSSR count). The van der Waals surface area contributed by atoms with Crippen LogP contribution in [-0.4, -0.2) is 30.1 Å². The molecule has 4 nitrogen and oxygen atoms in total. The topological polar surface area (TPSA) is 42.4 Å². The maximum Gasteiger partial charge on any atom is 0.416 e. The second-order valence-electron chi connectivity index (χ2n) is 7.05. The Bertz CT molecular complexity index is 1040. The van der Waals surface area contributed by atoms with Crippen LogP contribution in [0.25, 0.3) is 10.2 Å². The number of fused-ring (bicyclic) bond motifs is 1. The Balaban J connectivity index is 1.73. The first-order chi connectivity index (χ1) is 13.8. The van der Waals surface area contributed by atoms with E-state index in [0.717, 1.165) is 40.8 Å². The monoisotopic (exact) mass is 420 g/mol. The summed E-state index contributed by atoms with van der Waals surface area (Å²) in [6, 6.07) is 10.3. The molecule has 152 valence electrons. The molecule has 1 saturated heterocycles. The highest BCUT2D eigenvalue weighted by Crippen LogP contribution is 2.33. The van der Waals surface area contributed by atoms with E-state index >= 15 is 0 Å². The van der Waals surface area contributed by atoms with Gasteiger partial charge in [0.25, 0.3) is 5.91 Å². The van der Waals surface area contributed by atoms with Crippen molar-refractivity contribution >= 4 is 32.6 Å². The highest BCUT2D eigenvalue weighted by atomic mass is 32.1. The molecule has 2 heterocycles. The normalized spacial score (nSPS) is 17.0. The van der Waals surface area contributed by atoms with E-state index in [4.69, 9.17) is 4.74 Å². The molecule has 8 heteroatoms. The molecule has 2 aromatic carbocycles. The van der Waals surface area contributed by atoms with Crippen LogP contribution in [0, 0.1) is 6.92 Å². The van der Waals surface area contributed by atoms with Gasteiger partial charge in [-0.3, -0.25) is 9.69 Å². The second kappa shape index (κ2) is 7.76. The van der Waals surface area contributed by atoms with Gasteiger partial charge < -0.3 is 4.74 Å². The van der Waals surface area contributed by atoms with Gasteiger partial charge in [-0.15, -0.1) is 0 Å². The van der Waals surface area contributed by atoms with Crippen LogP contribution in [0.15, 0.2) is 42.5 Å². The molecule has 3 aromatic rings. The number of anilines is 1. The maximum absolute atomic E-state index is 13.2. The maximum atomic E-state index is 13.2. The summed E-state index contributed by atoms with van der Waals surface area (Å²) in [4.78, 5) is 19.3. The van der Waals surface area contributed by atoms with Gasteiger partial charge >= 0.3 is 6.18 Å². The largest absolute Gasteiger partial charge is 0.416 e. The van der Waals surface area contributed by atoms with Gasteiger partial charge in [0.2, 0.25) is 0 Å². The van der Waals surface area contributed by atoms with Crippen molar-refractivity contribution in [1.29, 1.82) is 0 Å². The molecule has 1 aromatic heterocycles. The van der Waals surface area contributed by atoms with Gasteiger partial charge in [-0.2, -0.15) is 13.2 Å². The highest BCUT2D eigenvalue weighted by Gasteiger charge is 2.32. The van der Waals surface area contributed by atoms with E-state index in [1.165, 1.54) is 28.4 Å². The Kier molecular flexibility index (Phi) is 5.31. The molecule has 1 unspecified atom stereocenters. The van der Waals surface area contributed by atoms with E-state index in [1.807, 2.05) is 25.1 Å². The van der Waals surface area contributed by atoms with E-state index in [1.54, 1.807) is 0 Å². The summed E-state index contributed by atoms with van der Waals surface area (Å²) >= 11 is 1.35. The first-order valence-electron chi connectivity index (χ1n) is 9.30. The number of benzene rings is 2. The van der Waals surface area contributed by atoms with E-state index in [2.05, 4.69) is 4.98 Å². The first kappa shape index (κ1) is 19.8. The number of thiazole rings is 1. The summed E-state index contributed by atoms with van der Waals surface area (Å²) in [7, 11) is 0. The molecule has 0 N–H and O–H groups in total. The van der Waals surface area contributed by atoms with Crippen molar-refractivity contribution in [2.24, 2.45) is 0 Å². The fourth-order valence-electron chi connectivity index (χ4n) is 3.41. The smallest absolute Gasteiger partial charge is 0.376 e. The molecule has 1 fully saturated rings. The molecule has 1 amide bonds. The number of aromatic nitrogens is 1. The van der Waals surface area contributed by atoms with E-state index in [9.17, 15) is 18.0 Å². The summed E-state index contributed by atoms with van der Waals surface area (Å²) in [5.74, 6) is -0.511. The molecule has 1 atom stereocenters. The van der Waals surface area contributed by atoms with Crippen LogP contribution in [0.5, 0.6) is 0 Å². The molecule has 0 bridgehead atoms. The number of carbonyl (C=O) groups is 1. The van der Waals surface area contributed by atoms with Gasteiger partial charge in [0.05, 0.1) is 28.4 Å². The van der Waals surface area contributed by atoms with Gasteiger partial charge in [0.1, 0.15) is 0 Å². The Morgan fingerprint density at radius 1 is 1.28 bits per heavy atom. The van der Waals surface area contributed by atoms with Crippen LogP contribution in [0.3, 0.4) is 0 Å². The van der Waals surface area contributed by atoms with Crippen LogP contribution in [-0.2, 0) is 10.9 Å². The van der Waals surface area contributed by atoms with Crippen LogP contribution in [0.1, 0.15) is 34.3 Å². The van der Waals surface area contributed by atoms with E-state index in [-0.39, 0.29) is 18.2 Å². The van der Waals surface area contributed by atoms with Gasteiger partial charge in [0, 0.05) is 12.2 Å². The quantitative estimate of drug-likeness (QED) is 0.564. The number of nitrogens with zero attached hydrogens (tertiary/aromatic N) is 2. The van der Waals surface area contributed by atoms with Crippen molar-refractivity contribution in [2.45, 2.75) is 32.0 Å². The molecule has 0 aliphatic carbocycles. The minimum absolute atomic E-state index is 0.0196. The van der Waals surface area contributed by atoms with Crippen LogP contribution in [0.2, 0.25) is 0 Å². The number of aryl methyl sites for hydroxylation is 1. The number of para-hydroxylation sites is 1. The summed E-state index contributed by atoms with van der Waals surface area (Å²) in [5.41, 5.74) is 0.907. The number of hydrogen-bond acceptors (Lipinski definition) is 4. The van der Waals surface area contributed by atoms with Crippen LogP contribution in [0.4, 0.5) is 18.3 Å². The molecule has 0 spiro atoms. The third-order valence-electron chi connectivity index (χ3n) is 4.93. The average molecular weight is 420 g/mol. The number of ether oxygens (including phenoxy) is 1. The molecule has 0 radical (unpaired) electrons. The van der Waals surface area contributed by atoms with Crippen molar-refractivity contribution in [3.8, 4) is 0 Å². The summed E-state index contributed by atoms with van der Waals surface area (Å²) in [6.45, 7) is 2.81. The highest BCUT2D eigenvalue weighted by molar-refractivity contribution is 7.22. The lowest BCUT2D eigenvalue weighted by atomic mass is 10.1. The Labute approximate surface area is 169 Å². The minimum atomic E-state index is -4.51. The van der Waals surface area contributed by atoms with E-state index in [0.29, 0.717) is 11.7 Å². The fraction of sp³-hybridized carbons (Fsp3) is 0.333. The Hall–Kier alpha value is -2.45. The lowest BCUT2D eigenvalue weighted by Crippen LogP contribution is -2.37. The zero-order valence-electron chi connectivity index (χ0n) is 15.7. The number of rotatable bonds is 4. The third kappa shape index (κ3) is 4.13. The number of carbonyl (C=O) groups excluding carboxylic acids is 1. The van der Waals surface area contributed by atoms with E-state index < -0.39 is 17.6 Å². The van der Waals surface area contributed by atoms with Crippen molar-refractivity contribution in [3.63, 3.8) is 0 Å². The van der Waals surface area contributed by atoms with Gasteiger partial charge in [-0.1, -0.05) is 29.5 Å². The lowest BCUT2D eigenvalue weighted by Gasteiger charge is -2.23. The fourth-order valence-corrected chi connectivity index (χ4v) is 4.47. The van der Waals surface area contributed by atoms with Crippen molar-refractivity contribution in [3.05, 3.63) is 59.2 Å². The Morgan fingerprint density at radius 2 is 2.07 bits per heavy atom. The third-order valence-corrected chi connectivity index (χ3v) is 5.98. The predicted octanol–water partition coefficient (Wildman–Crippen LogP) is 5.45. The van der Waals surface area contributed by atoms with Gasteiger partial charge in [-0.25, -0.2) is 4.98 Å². The van der Waals surface area contributed by atoms with Gasteiger partial charge in [-0.05, 0) is 49.6 Å². The summed E-state index contributed by atoms with van der Waals surface area (Å²) in [5, 5.41) is 0.465. The molecule has 0 saturated carbocycles. The molecular formula is C21H19F3N2O2S. The zero-order valence-corrected chi connectivity index (χ0v) is 16.5. The predicted molar refractivity (Wildman–Crippen MR) is 106 cm³/mol. The summed E-state index contributed by atoms with van der Waals surface area (Å²) < 4.78 is 45.9. The standard InChI is InChI=1S/C21H19F3N2O2S/c1-13-5-2-9-17-18(13)25-20(29-17)26(12-16-8-4-10-28-16)19(27)14-6-3-7-15(11-14)21(22,23)24/h2-3,5-7,9,11,16H,4,8,10,12H2,1H3. The zero-order chi connectivity index (χ0) is 20.6. The van der Waals surface area contributed by atoms with Crippen LogP contribution >= 0.6 is 11.3 Å². The SMILES string of the molecule is Cc1cccc2sc(N(CC3CCCO3)C(=O)c3cccc(C(F)(F)F)c3)nc12. The number of hydrogen-bond donors (Lipinski definition) is 0.